The maximum atomic E-state index is 13.8. The Balaban J connectivity index is 0.989. The molecule has 0 atom stereocenters. The minimum atomic E-state index is 0.0530. The third kappa shape index (κ3) is 5.86. The Hall–Kier alpha value is -4.81. The molecule has 2 amide bonds. The summed E-state index contributed by atoms with van der Waals surface area (Å²) in [5.74, 6) is 0.170. The highest BCUT2D eigenvalue weighted by atomic mass is 16.2. The summed E-state index contributed by atoms with van der Waals surface area (Å²) in [6.45, 7) is 4.60. The van der Waals surface area contributed by atoms with Gasteiger partial charge in [0.05, 0.1) is 11.4 Å². The summed E-state index contributed by atoms with van der Waals surface area (Å²) in [6, 6.07) is 38.5. The van der Waals surface area contributed by atoms with E-state index in [0.717, 1.165) is 77.9 Å². The van der Waals surface area contributed by atoms with Crippen LogP contribution in [0.2, 0.25) is 0 Å². The maximum absolute atomic E-state index is 13.8. The van der Waals surface area contributed by atoms with Gasteiger partial charge in [0.15, 0.2) is 0 Å². The van der Waals surface area contributed by atoms with E-state index >= 15 is 0 Å². The van der Waals surface area contributed by atoms with Gasteiger partial charge in [0.25, 0.3) is 11.8 Å². The van der Waals surface area contributed by atoms with E-state index in [9.17, 15) is 9.59 Å². The van der Waals surface area contributed by atoms with E-state index in [2.05, 4.69) is 17.0 Å². The first-order chi connectivity index (χ1) is 21.6. The number of nitrogens with zero attached hydrogens (tertiary/aromatic N) is 4. The molecule has 0 aliphatic carbocycles. The van der Waals surface area contributed by atoms with Crippen molar-refractivity contribution in [1.29, 1.82) is 0 Å². The van der Waals surface area contributed by atoms with Crippen molar-refractivity contribution >= 4 is 22.6 Å². The Morgan fingerprint density at radius 3 is 1.66 bits per heavy atom. The van der Waals surface area contributed by atoms with Crippen LogP contribution in [-0.2, 0) is 0 Å². The van der Waals surface area contributed by atoms with Gasteiger partial charge >= 0.3 is 0 Å². The largest absolute Gasteiger partial charge is 0.339 e. The van der Waals surface area contributed by atoms with Gasteiger partial charge in [-0.1, -0.05) is 91.0 Å². The number of aromatic nitrogens is 1. The average molecular weight is 581 g/mol. The number of piperazine rings is 1. The first kappa shape index (κ1) is 28.0. The Morgan fingerprint density at radius 2 is 1.05 bits per heavy atom. The second kappa shape index (κ2) is 12.4. The summed E-state index contributed by atoms with van der Waals surface area (Å²) in [5.41, 5.74) is 5.03. The lowest BCUT2D eigenvalue weighted by atomic mass is 10.00. The fourth-order valence-electron chi connectivity index (χ4n) is 6.58. The van der Waals surface area contributed by atoms with Crippen LogP contribution < -0.4 is 0 Å². The van der Waals surface area contributed by atoms with Crippen molar-refractivity contribution in [2.24, 2.45) is 0 Å². The molecule has 7 rings (SSSR count). The van der Waals surface area contributed by atoms with E-state index in [1.807, 2.05) is 113 Å². The van der Waals surface area contributed by atoms with Crippen molar-refractivity contribution in [3.05, 3.63) is 126 Å². The third-order valence-electron chi connectivity index (χ3n) is 9.08. The van der Waals surface area contributed by atoms with E-state index < -0.39 is 0 Å². The molecule has 2 fully saturated rings. The van der Waals surface area contributed by atoms with E-state index in [4.69, 9.17) is 4.98 Å². The predicted octanol–water partition coefficient (Wildman–Crippen LogP) is 6.63. The van der Waals surface area contributed by atoms with Crippen molar-refractivity contribution in [2.45, 2.75) is 18.9 Å². The molecule has 3 heterocycles. The fourth-order valence-corrected chi connectivity index (χ4v) is 6.58. The minimum Gasteiger partial charge on any atom is -0.339 e. The molecule has 2 saturated heterocycles. The third-order valence-corrected chi connectivity index (χ3v) is 9.08. The van der Waals surface area contributed by atoms with Crippen molar-refractivity contribution in [2.75, 3.05) is 39.3 Å². The van der Waals surface area contributed by atoms with E-state index in [-0.39, 0.29) is 11.8 Å². The number of fused-ring (bicyclic) bond motifs is 1. The van der Waals surface area contributed by atoms with E-state index in [1.165, 1.54) is 0 Å². The molecule has 220 valence electrons. The van der Waals surface area contributed by atoms with Crippen LogP contribution in [0.15, 0.2) is 115 Å². The zero-order valence-corrected chi connectivity index (χ0v) is 24.8. The number of carbonyl (C=O) groups excluding carboxylic acids is 2. The number of pyridine rings is 1. The van der Waals surface area contributed by atoms with Gasteiger partial charge in [-0.3, -0.25) is 14.5 Å². The molecular formula is C38H36N4O2. The summed E-state index contributed by atoms with van der Waals surface area (Å²) in [5, 5.41) is 2.25. The molecule has 4 aromatic carbocycles. The van der Waals surface area contributed by atoms with Crippen molar-refractivity contribution < 1.29 is 9.59 Å². The first-order valence-corrected chi connectivity index (χ1v) is 15.6. The van der Waals surface area contributed by atoms with Crippen LogP contribution in [0.25, 0.3) is 33.3 Å². The van der Waals surface area contributed by atoms with Crippen LogP contribution >= 0.6 is 0 Å². The number of piperidine rings is 1. The number of benzene rings is 4. The second-order valence-electron chi connectivity index (χ2n) is 11.8. The number of likely N-dealkylation sites (tertiary alicyclic amines) is 1. The van der Waals surface area contributed by atoms with Gasteiger partial charge in [-0.15, -0.1) is 0 Å². The molecule has 0 radical (unpaired) electrons. The number of hydrogen-bond acceptors (Lipinski definition) is 4. The number of hydrogen-bond donors (Lipinski definition) is 0. The van der Waals surface area contributed by atoms with Crippen molar-refractivity contribution in [3.63, 3.8) is 0 Å². The van der Waals surface area contributed by atoms with Gasteiger partial charge in [-0.25, -0.2) is 4.98 Å². The highest BCUT2D eigenvalue weighted by Gasteiger charge is 2.31. The lowest BCUT2D eigenvalue weighted by Gasteiger charge is -2.42. The van der Waals surface area contributed by atoms with Gasteiger partial charge in [-0.2, -0.15) is 0 Å². The molecular weight excluding hydrogens is 544 g/mol. The fraction of sp³-hybridized carbons (Fsp3) is 0.237. The average Bonchev–Trinajstić information content (AvgIpc) is 3.11. The van der Waals surface area contributed by atoms with Crippen LogP contribution in [0.4, 0.5) is 0 Å². The molecule has 0 unspecified atom stereocenters. The van der Waals surface area contributed by atoms with Crippen LogP contribution in [0.5, 0.6) is 0 Å². The predicted molar refractivity (Wildman–Crippen MR) is 175 cm³/mol. The van der Waals surface area contributed by atoms with Gasteiger partial charge in [0.2, 0.25) is 0 Å². The number of amides is 2. The first-order valence-electron chi connectivity index (χ1n) is 15.6. The summed E-state index contributed by atoms with van der Waals surface area (Å²) in [4.78, 5) is 38.5. The Morgan fingerprint density at radius 1 is 0.523 bits per heavy atom. The van der Waals surface area contributed by atoms with Gasteiger partial charge < -0.3 is 9.80 Å². The molecule has 2 aliphatic heterocycles. The van der Waals surface area contributed by atoms with Gasteiger partial charge in [0.1, 0.15) is 0 Å². The normalized spacial score (nSPS) is 16.3. The molecule has 0 N–H and O–H groups in total. The topological polar surface area (TPSA) is 56.8 Å². The Kier molecular flexibility index (Phi) is 7.91. The highest BCUT2D eigenvalue weighted by molar-refractivity contribution is 5.99. The molecule has 0 saturated carbocycles. The zero-order valence-electron chi connectivity index (χ0n) is 24.8. The summed E-state index contributed by atoms with van der Waals surface area (Å²) < 4.78 is 0. The van der Waals surface area contributed by atoms with Crippen LogP contribution in [0.3, 0.4) is 0 Å². The molecule has 5 aromatic rings. The smallest absolute Gasteiger partial charge is 0.254 e. The highest BCUT2D eigenvalue weighted by Crippen LogP contribution is 2.27. The summed E-state index contributed by atoms with van der Waals surface area (Å²) in [6.07, 6.45) is 1.91. The van der Waals surface area contributed by atoms with Gasteiger partial charge in [-0.05, 0) is 47.9 Å². The van der Waals surface area contributed by atoms with Crippen LogP contribution in [-0.4, -0.2) is 76.8 Å². The molecule has 0 spiro atoms. The van der Waals surface area contributed by atoms with Gasteiger partial charge in [0, 0.05) is 67.6 Å². The number of carbonyl (C=O) groups is 2. The second-order valence-corrected chi connectivity index (χ2v) is 11.8. The zero-order chi connectivity index (χ0) is 29.9. The van der Waals surface area contributed by atoms with Crippen LogP contribution in [0, 0.1) is 0 Å². The SMILES string of the molecule is O=C(c1ccc2ccccc2c1)N1CCC(N2CCN(C(=O)c3cc(-c4ccccc4)nc(-c4ccccc4)c3)CC2)CC1. The molecule has 6 nitrogen and oxygen atoms in total. The minimum absolute atomic E-state index is 0.0530. The lowest BCUT2D eigenvalue weighted by molar-refractivity contribution is 0.0412. The molecule has 0 bridgehead atoms. The standard InChI is InChI=1S/C38H36N4O2/c43-37(32-16-15-28-9-7-8-14-31(28)25-32)41-19-17-34(18-20-41)40-21-23-42(24-22-40)38(44)33-26-35(29-10-3-1-4-11-29)39-36(27-33)30-12-5-2-6-13-30/h1-16,25-27,34H,17-24H2. The summed E-state index contributed by atoms with van der Waals surface area (Å²) in [7, 11) is 0. The van der Waals surface area contributed by atoms with E-state index in [0.29, 0.717) is 24.7 Å². The molecule has 44 heavy (non-hydrogen) atoms. The monoisotopic (exact) mass is 580 g/mol. The Labute approximate surface area is 258 Å². The molecule has 1 aromatic heterocycles. The van der Waals surface area contributed by atoms with E-state index in [1.54, 1.807) is 0 Å². The Bertz CT molecular complexity index is 1720. The quantitative estimate of drug-likeness (QED) is 0.234. The van der Waals surface area contributed by atoms with Crippen LogP contribution in [0.1, 0.15) is 33.6 Å². The number of rotatable bonds is 5. The van der Waals surface area contributed by atoms with Crippen molar-refractivity contribution in [3.8, 4) is 22.5 Å². The van der Waals surface area contributed by atoms with Crippen molar-refractivity contribution in [1.82, 2.24) is 19.7 Å². The summed E-state index contributed by atoms with van der Waals surface area (Å²) >= 11 is 0. The molecule has 6 heteroatoms. The maximum Gasteiger partial charge on any atom is 0.254 e. The lowest BCUT2D eigenvalue weighted by Crippen LogP contribution is -2.54. The molecule has 2 aliphatic rings.